The average molecular weight is 219 g/mol. The van der Waals surface area contributed by atoms with E-state index < -0.39 is 15.5 Å². The van der Waals surface area contributed by atoms with Crippen molar-refractivity contribution in [3.05, 3.63) is 12.2 Å². The zero-order valence-corrected chi connectivity index (χ0v) is 8.37. The van der Waals surface area contributed by atoms with Crippen molar-refractivity contribution in [2.75, 3.05) is 7.05 Å². The molecule has 3 atom stereocenters. The van der Waals surface area contributed by atoms with Crippen molar-refractivity contribution in [2.24, 2.45) is 5.92 Å². The second-order valence-corrected chi connectivity index (χ2v) is 5.26. The van der Waals surface area contributed by atoms with E-state index >= 15 is 0 Å². The van der Waals surface area contributed by atoms with Gasteiger partial charge in [-0.25, -0.2) is 0 Å². The predicted octanol–water partition coefficient (Wildman–Crippen LogP) is 0.0710. The molecule has 1 amide bonds. The fourth-order valence-electron chi connectivity index (χ4n) is 2.05. The number of hydrogen-bond donors (Lipinski definition) is 0. The molecular formula is C8H10FNO3S. The van der Waals surface area contributed by atoms with Gasteiger partial charge >= 0.3 is 10.2 Å². The van der Waals surface area contributed by atoms with Gasteiger partial charge < -0.3 is 4.90 Å². The molecular weight excluding hydrogens is 209 g/mol. The molecule has 1 fully saturated rings. The Bertz CT molecular complexity index is 403. The molecule has 0 aromatic heterocycles. The van der Waals surface area contributed by atoms with Crippen LogP contribution in [0.25, 0.3) is 0 Å². The molecule has 0 aromatic rings. The molecule has 1 heterocycles. The summed E-state index contributed by atoms with van der Waals surface area (Å²) in [4.78, 5) is 12.6. The first-order valence-corrected chi connectivity index (χ1v) is 5.74. The van der Waals surface area contributed by atoms with Gasteiger partial charge in [0.15, 0.2) is 0 Å². The smallest absolute Gasteiger partial charge is 0.306 e. The monoisotopic (exact) mass is 219 g/mol. The Morgan fingerprint density at radius 2 is 2.21 bits per heavy atom. The van der Waals surface area contributed by atoms with Crippen LogP contribution >= 0.6 is 0 Å². The molecule has 6 heteroatoms. The topological polar surface area (TPSA) is 54.5 Å². The largest absolute Gasteiger partial charge is 0.339 e. The number of carbonyl (C=O) groups is 1. The summed E-state index contributed by atoms with van der Waals surface area (Å²) in [6.45, 7) is 0. The van der Waals surface area contributed by atoms with Crippen molar-refractivity contribution < 1.29 is 17.1 Å². The van der Waals surface area contributed by atoms with E-state index in [2.05, 4.69) is 0 Å². The van der Waals surface area contributed by atoms with E-state index in [1.54, 1.807) is 7.05 Å². The summed E-state index contributed by atoms with van der Waals surface area (Å²) in [5, 5.41) is -0.959. The Morgan fingerprint density at radius 3 is 2.79 bits per heavy atom. The summed E-state index contributed by atoms with van der Waals surface area (Å²) in [5.74, 6) is -0.520. The van der Waals surface area contributed by atoms with E-state index in [-0.39, 0.29) is 24.3 Å². The summed E-state index contributed by atoms with van der Waals surface area (Å²) in [6, 6.07) is -0.150. The van der Waals surface area contributed by atoms with Crippen LogP contribution in [0.2, 0.25) is 0 Å². The molecule has 1 saturated carbocycles. The number of halogens is 1. The normalized spacial score (nSPS) is 36.6. The van der Waals surface area contributed by atoms with Crippen LogP contribution in [0, 0.1) is 5.92 Å². The molecule has 0 saturated heterocycles. The van der Waals surface area contributed by atoms with Gasteiger partial charge in [0, 0.05) is 19.0 Å². The minimum Gasteiger partial charge on any atom is -0.339 e. The Kier molecular flexibility index (Phi) is 1.92. The molecule has 4 nitrogen and oxygen atoms in total. The first-order chi connectivity index (χ1) is 6.41. The Hall–Kier alpha value is -0.910. The van der Waals surface area contributed by atoms with E-state index in [4.69, 9.17) is 0 Å². The molecule has 14 heavy (non-hydrogen) atoms. The zero-order valence-electron chi connectivity index (χ0n) is 7.55. The lowest BCUT2D eigenvalue weighted by molar-refractivity contribution is -0.130. The third-order valence-electron chi connectivity index (χ3n) is 3.02. The van der Waals surface area contributed by atoms with E-state index in [1.807, 2.05) is 0 Å². The van der Waals surface area contributed by atoms with Crippen LogP contribution in [0.15, 0.2) is 12.2 Å². The van der Waals surface area contributed by atoms with E-state index in [9.17, 15) is 17.1 Å². The molecule has 0 bridgehead atoms. The molecule has 0 radical (unpaired) electrons. The van der Waals surface area contributed by atoms with Crippen molar-refractivity contribution in [3.8, 4) is 0 Å². The van der Waals surface area contributed by atoms with Crippen LogP contribution in [0.5, 0.6) is 0 Å². The number of rotatable bonds is 1. The van der Waals surface area contributed by atoms with Crippen LogP contribution < -0.4 is 0 Å². The number of likely N-dealkylation sites (N-methyl/N-ethyl adjacent to an activating group) is 1. The Labute approximate surface area is 81.6 Å². The van der Waals surface area contributed by atoms with Gasteiger partial charge in [-0.15, -0.1) is 3.89 Å². The van der Waals surface area contributed by atoms with Crippen LogP contribution in [0.4, 0.5) is 3.89 Å². The quantitative estimate of drug-likeness (QED) is 0.586. The first kappa shape index (κ1) is 9.64. The van der Waals surface area contributed by atoms with Gasteiger partial charge in [0.2, 0.25) is 5.91 Å². The Morgan fingerprint density at radius 1 is 1.57 bits per heavy atom. The third-order valence-corrected chi connectivity index (χ3v) is 4.25. The fraction of sp³-hybridized carbons (Fsp3) is 0.625. The average Bonchev–Trinajstić information content (AvgIpc) is 1.97. The first-order valence-electron chi connectivity index (χ1n) is 4.29. The maximum absolute atomic E-state index is 12.7. The van der Waals surface area contributed by atoms with E-state index in [0.717, 1.165) is 0 Å². The summed E-state index contributed by atoms with van der Waals surface area (Å²) >= 11 is 0. The second-order valence-electron chi connectivity index (χ2n) is 3.70. The molecule has 0 spiro atoms. The minimum absolute atomic E-state index is 0.150. The van der Waals surface area contributed by atoms with Crippen molar-refractivity contribution >= 4 is 16.1 Å². The van der Waals surface area contributed by atoms with Crippen molar-refractivity contribution in [2.45, 2.75) is 17.7 Å². The summed E-state index contributed by atoms with van der Waals surface area (Å²) in [6.07, 6.45) is 3.01. The molecule has 0 aromatic carbocycles. The lowest BCUT2D eigenvalue weighted by atomic mass is 9.76. The van der Waals surface area contributed by atoms with E-state index in [1.165, 1.54) is 17.1 Å². The van der Waals surface area contributed by atoms with Crippen LogP contribution in [0.3, 0.4) is 0 Å². The lowest BCUT2D eigenvalue weighted by Gasteiger charge is -2.47. The highest BCUT2D eigenvalue weighted by Crippen LogP contribution is 2.40. The maximum atomic E-state index is 12.7. The van der Waals surface area contributed by atoms with Crippen LogP contribution in [-0.2, 0) is 15.0 Å². The second kappa shape index (κ2) is 2.79. The van der Waals surface area contributed by atoms with Gasteiger partial charge in [-0.3, -0.25) is 4.79 Å². The molecule has 78 valence electrons. The van der Waals surface area contributed by atoms with Gasteiger partial charge in [-0.1, -0.05) is 6.08 Å². The van der Waals surface area contributed by atoms with Gasteiger partial charge in [0.05, 0.1) is 0 Å². The number of hydrogen-bond acceptors (Lipinski definition) is 3. The molecule has 2 rings (SSSR count). The predicted molar refractivity (Wildman–Crippen MR) is 47.6 cm³/mol. The zero-order chi connectivity index (χ0) is 10.5. The highest BCUT2D eigenvalue weighted by atomic mass is 32.3. The number of amides is 1. The van der Waals surface area contributed by atoms with Gasteiger partial charge in [0.25, 0.3) is 0 Å². The fourth-order valence-corrected chi connectivity index (χ4v) is 3.12. The summed E-state index contributed by atoms with van der Waals surface area (Å²) in [5.41, 5.74) is 0. The standard InChI is InChI=1S/C8H10FNO3S/c1-10-6-4-7(14(9,12)13)5(6)2-3-8(10)11/h2-3,5-7H,4H2,1H3/t5-,6-,7-/m1/s1. The SMILES string of the molecule is CN1C(=O)C=C[C@@H]2[C@H]1C[C@H]2S(=O)(=O)F. The molecule has 1 aliphatic carbocycles. The molecule has 1 aliphatic heterocycles. The van der Waals surface area contributed by atoms with Gasteiger partial charge in [-0.2, -0.15) is 8.42 Å². The lowest BCUT2D eigenvalue weighted by Crippen LogP contribution is -2.58. The number of fused-ring (bicyclic) bond motifs is 1. The number of carbonyl (C=O) groups excluding carboxylic acids is 1. The highest BCUT2D eigenvalue weighted by Gasteiger charge is 2.51. The Balaban J connectivity index is 2.24. The van der Waals surface area contributed by atoms with E-state index in [0.29, 0.717) is 0 Å². The number of nitrogens with zero attached hydrogens (tertiary/aromatic N) is 1. The molecule has 0 N–H and O–H groups in total. The van der Waals surface area contributed by atoms with Gasteiger partial charge in [-0.05, 0) is 12.5 Å². The van der Waals surface area contributed by atoms with Crippen molar-refractivity contribution in [1.82, 2.24) is 4.90 Å². The van der Waals surface area contributed by atoms with Crippen LogP contribution in [-0.4, -0.2) is 37.6 Å². The van der Waals surface area contributed by atoms with Crippen LogP contribution in [0.1, 0.15) is 6.42 Å². The summed E-state index contributed by atoms with van der Waals surface area (Å²) < 4.78 is 34.0. The minimum atomic E-state index is -4.47. The summed E-state index contributed by atoms with van der Waals surface area (Å²) in [7, 11) is -2.86. The van der Waals surface area contributed by atoms with Crippen molar-refractivity contribution in [3.63, 3.8) is 0 Å². The highest BCUT2D eigenvalue weighted by molar-refractivity contribution is 7.87. The van der Waals surface area contributed by atoms with Gasteiger partial charge in [0.1, 0.15) is 5.25 Å². The van der Waals surface area contributed by atoms with Crippen molar-refractivity contribution in [1.29, 1.82) is 0 Å². The molecule has 2 aliphatic rings. The third kappa shape index (κ3) is 1.25. The molecule has 0 unspecified atom stereocenters. The maximum Gasteiger partial charge on any atom is 0.306 e.